The maximum Gasteiger partial charge on any atom is 0.0580 e. The van der Waals surface area contributed by atoms with E-state index in [0.29, 0.717) is 12.5 Å². The van der Waals surface area contributed by atoms with E-state index in [1.165, 1.54) is 25.7 Å². The maximum absolute atomic E-state index is 9.59. The van der Waals surface area contributed by atoms with Gasteiger partial charge in [0.2, 0.25) is 0 Å². The standard InChI is InChI=1S/C12H25NO2/c14-9-4-2-1-3-8-13-10-11-6-5-7-12(11)15/h11-15H,1-10H2. The normalized spacial score (nSPS) is 26.0. The molecular weight excluding hydrogens is 190 g/mol. The lowest BCUT2D eigenvalue weighted by molar-refractivity contribution is 0.131. The molecule has 3 N–H and O–H groups in total. The van der Waals surface area contributed by atoms with Crippen molar-refractivity contribution >= 4 is 0 Å². The Morgan fingerprint density at radius 2 is 1.87 bits per heavy atom. The predicted molar refractivity (Wildman–Crippen MR) is 61.8 cm³/mol. The summed E-state index contributed by atoms with van der Waals surface area (Å²) in [6.45, 7) is 2.34. The monoisotopic (exact) mass is 215 g/mol. The zero-order chi connectivity index (χ0) is 10.9. The molecule has 1 rings (SSSR count). The fraction of sp³-hybridized carbons (Fsp3) is 1.00. The lowest BCUT2D eigenvalue weighted by Gasteiger charge is -2.14. The van der Waals surface area contributed by atoms with Crippen molar-refractivity contribution in [3.05, 3.63) is 0 Å². The molecule has 90 valence electrons. The van der Waals surface area contributed by atoms with E-state index in [9.17, 15) is 5.11 Å². The van der Waals surface area contributed by atoms with E-state index in [-0.39, 0.29) is 6.10 Å². The molecule has 2 atom stereocenters. The molecule has 1 fully saturated rings. The van der Waals surface area contributed by atoms with Crippen molar-refractivity contribution < 1.29 is 10.2 Å². The number of hydrogen-bond acceptors (Lipinski definition) is 3. The Labute approximate surface area is 92.9 Å². The molecule has 0 aromatic heterocycles. The average Bonchev–Trinajstić information content (AvgIpc) is 2.63. The van der Waals surface area contributed by atoms with Crippen molar-refractivity contribution in [1.82, 2.24) is 5.32 Å². The molecule has 2 unspecified atom stereocenters. The first-order valence-corrected chi connectivity index (χ1v) is 6.34. The number of aliphatic hydroxyl groups excluding tert-OH is 2. The van der Waals surface area contributed by atoms with Gasteiger partial charge in [0, 0.05) is 13.2 Å². The lowest BCUT2D eigenvalue weighted by Crippen LogP contribution is -2.28. The van der Waals surface area contributed by atoms with Crippen LogP contribution < -0.4 is 5.32 Å². The Kier molecular flexibility index (Phi) is 6.98. The van der Waals surface area contributed by atoms with Crippen LogP contribution in [0, 0.1) is 5.92 Å². The molecule has 0 spiro atoms. The second kappa shape index (κ2) is 8.08. The van der Waals surface area contributed by atoms with Crippen molar-refractivity contribution in [2.75, 3.05) is 19.7 Å². The van der Waals surface area contributed by atoms with E-state index in [1.807, 2.05) is 0 Å². The van der Waals surface area contributed by atoms with Gasteiger partial charge >= 0.3 is 0 Å². The highest BCUT2D eigenvalue weighted by Gasteiger charge is 2.24. The number of rotatable bonds is 8. The van der Waals surface area contributed by atoms with Gasteiger partial charge in [-0.15, -0.1) is 0 Å². The number of aliphatic hydroxyl groups is 2. The highest BCUT2D eigenvalue weighted by molar-refractivity contribution is 4.77. The maximum atomic E-state index is 9.59. The van der Waals surface area contributed by atoms with Crippen LogP contribution in [0.2, 0.25) is 0 Å². The Morgan fingerprint density at radius 3 is 2.53 bits per heavy atom. The Balaban J connectivity index is 1.84. The summed E-state index contributed by atoms with van der Waals surface area (Å²) < 4.78 is 0. The Morgan fingerprint density at radius 1 is 1.07 bits per heavy atom. The van der Waals surface area contributed by atoms with E-state index < -0.39 is 0 Å². The fourth-order valence-corrected chi connectivity index (χ4v) is 2.26. The predicted octanol–water partition coefficient (Wildman–Crippen LogP) is 1.29. The van der Waals surface area contributed by atoms with E-state index in [0.717, 1.165) is 32.4 Å². The summed E-state index contributed by atoms with van der Waals surface area (Å²) >= 11 is 0. The van der Waals surface area contributed by atoms with Gasteiger partial charge in [0.05, 0.1) is 6.10 Å². The van der Waals surface area contributed by atoms with Gasteiger partial charge in [0.25, 0.3) is 0 Å². The summed E-state index contributed by atoms with van der Waals surface area (Å²) in [7, 11) is 0. The largest absolute Gasteiger partial charge is 0.396 e. The van der Waals surface area contributed by atoms with Gasteiger partial charge in [-0.2, -0.15) is 0 Å². The molecular formula is C12H25NO2. The Hall–Kier alpha value is -0.120. The van der Waals surface area contributed by atoms with Gasteiger partial charge in [0.1, 0.15) is 0 Å². The molecule has 1 aliphatic carbocycles. The van der Waals surface area contributed by atoms with E-state index in [4.69, 9.17) is 5.11 Å². The minimum absolute atomic E-state index is 0.0631. The number of nitrogens with one attached hydrogen (secondary N) is 1. The van der Waals surface area contributed by atoms with Gasteiger partial charge in [-0.05, 0) is 38.1 Å². The second-order valence-corrected chi connectivity index (χ2v) is 4.60. The second-order valence-electron chi connectivity index (χ2n) is 4.60. The third kappa shape index (κ3) is 5.50. The summed E-state index contributed by atoms with van der Waals surface area (Å²) in [5, 5.41) is 21.6. The molecule has 0 aromatic rings. The number of hydrogen-bond donors (Lipinski definition) is 3. The van der Waals surface area contributed by atoms with Crippen molar-refractivity contribution in [3.63, 3.8) is 0 Å². The van der Waals surface area contributed by atoms with Crippen LogP contribution in [0.5, 0.6) is 0 Å². The third-order valence-electron chi connectivity index (χ3n) is 3.29. The first-order valence-electron chi connectivity index (χ1n) is 6.34. The molecule has 0 saturated heterocycles. The highest BCUT2D eigenvalue weighted by Crippen LogP contribution is 2.24. The molecule has 0 aliphatic heterocycles. The van der Waals surface area contributed by atoms with E-state index in [2.05, 4.69) is 5.32 Å². The number of unbranched alkanes of at least 4 members (excludes halogenated alkanes) is 3. The third-order valence-corrected chi connectivity index (χ3v) is 3.29. The molecule has 0 bridgehead atoms. The molecule has 15 heavy (non-hydrogen) atoms. The summed E-state index contributed by atoms with van der Waals surface area (Å²) in [6.07, 6.45) is 7.73. The molecule has 1 aliphatic rings. The van der Waals surface area contributed by atoms with Crippen LogP contribution in [0.1, 0.15) is 44.9 Å². The van der Waals surface area contributed by atoms with Crippen LogP contribution in [0.15, 0.2) is 0 Å². The van der Waals surface area contributed by atoms with Gasteiger partial charge in [-0.3, -0.25) is 0 Å². The SMILES string of the molecule is OCCCCCCNCC1CCCC1O. The van der Waals surface area contributed by atoms with Crippen molar-refractivity contribution in [3.8, 4) is 0 Å². The molecule has 1 saturated carbocycles. The first-order chi connectivity index (χ1) is 7.34. The smallest absolute Gasteiger partial charge is 0.0580 e. The first kappa shape index (κ1) is 12.9. The van der Waals surface area contributed by atoms with E-state index in [1.54, 1.807) is 0 Å². The topological polar surface area (TPSA) is 52.5 Å². The van der Waals surface area contributed by atoms with Gasteiger partial charge in [0.15, 0.2) is 0 Å². The van der Waals surface area contributed by atoms with Gasteiger partial charge in [-0.1, -0.05) is 19.3 Å². The van der Waals surface area contributed by atoms with Crippen LogP contribution >= 0.6 is 0 Å². The zero-order valence-corrected chi connectivity index (χ0v) is 9.62. The van der Waals surface area contributed by atoms with Gasteiger partial charge < -0.3 is 15.5 Å². The zero-order valence-electron chi connectivity index (χ0n) is 9.62. The molecule has 0 aromatic carbocycles. The summed E-state index contributed by atoms with van der Waals surface area (Å²) in [5.74, 6) is 0.488. The minimum Gasteiger partial charge on any atom is -0.396 e. The van der Waals surface area contributed by atoms with Crippen LogP contribution in [0.3, 0.4) is 0 Å². The van der Waals surface area contributed by atoms with Crippen LogP contribution in [-0.2, 0) is 0 Å². The quantitative estimate of drug-likeness (QED) is 0.535. The van der Waals surface area contributed by atoms with Crippen LogP contribution in [0.4, 0.5) is 0 Å². The molecule has 0 radical (unpaired) electrons. The molecule has 3 heteroatoms. The van der Waals surface area contributed by atoms with Crippen molar-refractivity contribution in [2.24, 2.45) is 5.92 Å². The molecule has 0 amide bonds. The highest BCUT2D eigenvalue weighted by atomic mass is 16.3. The molecule has 0 heterocycles. The van der Waals surface area contributed by atoms with Crippen molar-refractivity contribution in [2.45, 2.75) is 51.0 Å². The van der Waals surface area contributed by atoms with E-state index >= 15 is 0 Å². The fourth-order valence-electron chi connectivity index (χ4n) is 2.26. The Bertz CT molecular complexity index is 153. The summed E-state index contributed by atoms with van der Waals surface area (Å²) in [4.78, 5) is 0. The summed E-state index contributed by atoms with van der Waals surface area (Å²) in [5.41, 5.74) is 0. The van der Waals surface area contributed by atoms with Crippen LogP contribution in [-0.4, -0.2) is 36.0 Å². The van der Waals surface area contributed by atoms with Gasteiger partial charge in [-0.25, -0.2) is 0 Å². The lowest BCUT2D eigenvalue weighted by atomic mass is 10.1. The minimum atomic E-state index is -0.0631. The summed E-state index contributed by atoms with van der Waals surface area (Å²) in [6, 6.07) is 0. The van der Waals surface area contributed by atoms with Crippen LogP contribution in [0.25, 0.3) is 0 Å². The average molecular weight is 215 g/mol. The van der Waals surface area contributed by atoms with Crippen molar-refractivity contribution in [1.29, 1.82) is 0 Å². The molecule has 3 nitrogen and oxygen atoms in total.